The molecule has 0 N–H and O–H groups in total. The fourth-order valence-corrected chi connectivity index (χ4v) is 5.53. The maximum Gasteiger partial charge on any atom is 0.254 e. The first-order chi connectivity index (χ1) is 15.5. The average molecular weight is 449 g/mol. The predicted octanol–water partition coefficient (Wildman–Crippen LogP) is 4.70. The second-order valence-corrected chi connectivity index (χ2v) is 10.1. The quantitative estimate of drug-likeness (QED) is 0.526. The van der Waals surface area contributed by atoms with Crippen LogP contribution in [0.1, 0.15) is 40.7 Å². The van der Waals surface area contributed by atoms with Gasteiger partial charge in [-0.3, -0.25) is 4.79 Å². The number of piperidine rings is 1. The highest BCUT2D eigenvalue weighted by Gasteiger charge is 2.26. The molecule has 0 spiro atoms. The van der Waals surface area contributed by atoms with Gasteiger partial charge < -0.3 is 4.90 Å². The van der Waals surface area contributed by atoms with E-state index in [2.05, 4.69) is 0 Å². The van der Waals surface area contributed by atoms with Crippen molar-refractivity contribution in [2.75, 3.05) is 13.1 Å². The Morgan fingerprint density at radius 2 is 1.22 bits per heavy atom. The van der Waals surface area contributed by atoms with Gasteiger partial charge in [-0.1, -0.05) is 67.1 Å². The number of carbonyl (C=O) groups excluding carboxylic acids is 1. The molecule has 0 bridgehead atoms. The number of carbonyl (C=O) groups is 1. The zero-order valence-electron chi connectivity index (χ0n) is 18.1. The molecule has 1 amide bonds. The van der Waals surface area contributed by atoms with Crippen molar-refractivity contribution in [1.82, 2.24) is 9.21 Å². The summed E-state index contributed by atoms with van der Waals surface area (Å²) in [7, 11) is -3.51. The number of benzene rings is 3. The molecule has 5 nitrogen and oxygen atoms in total. The van der Waals surface area contributed by atoms with Gasteiger partial charge >= 0.3 is 0 Å². The van der Waals surface area contributed by atoms with E-state index in [1.165, 1.54) is 0 Å². The van der Waals surface area contributed by atoms with Gasteiger partial charge in [0.15, 0.2) is 0 Å². The number of amides is 1. The highest BCUT2D eigenvalue weighted by Crippen LogP contribution is 2.22. The summed E-state index contributed by atoms with van der Waals surface area (Å²) in [5, 5.41) is 0. The lowest BCUT2D eigenvalue weighted by molar-refractivity contribution is 0.0730. The first-order valence-electron chi connectivity index (χ1n) is 11.0. The average Bonchev–Trinajstić information content (AvgIpc) is 2.85. The van der Waals surface area contributed by atoms with E-state index in [-0.39, 0.29) is 10.8 Å². The number of nitrogens with zero attached hydrogens (tertiary/aromatic N) is 2. The Morgan fingerprint density at radius 3 is 1.72 bits per heavy atom. The summed E-state index contributed by atoms with van der Waals surface area (Å²) in [4.78, 5) is 15.4. The van der Waals surface area contributed by atoms with Gasteiger partial charge in [-0.25, -0.2) is 8.42 Å². The maximum absolute atomic E-state index is 13.4. The van der Waals surface area contributed by atoms with Gasteiger partial charge in [0.1, 0.15) is 0 Å². The molecule has 0 unspecified atom stereocenters. The van der Waals surface area contributed by atoms with E-state index in [0.717, 1.165) is 30.4 Å². The summed E-state index contributed by atoms with van der Waals surface area (Å²) in [5.41, 5.74) is 2.57. The van der Waals surface area contributed by atoms with E-state index in [1.807, 2.05) is 60.7 Å². The minimum absolute atomic E-state index is 0.125. The minimum atomic E-state index is -3.51. The van der Waals surface area contributed by atoms with Crippen LogP contribution in [0.15, 0.2) is 89.8 Å². The van der Waals surface area contributed by atoms with Crippen molar-refractivity contribution in [3.63, 3.8) is 0 Å². The van der Waals surface area contributed by atoms with E-state index in [9.17, 15) is 13.2 Å². The molecule has 0 atom stereocenters. The number of sulfonamides is 1. The molecule has 0 saturated carbocycles. The predicted molar refractivity (Wildman–Crippen MR) is 126 cm³/mol. The molecule has 3 aromatic carbocycles. The van der Waals surface area contributed by atoms with Gasteiger partial charge in [-0.2, -0.15) is 4.31 Å². The van der Waals surface area contributed by atoms with Gasteiger partial charge in [-0.05, 0) is 48.2 Å². The van der Waals surface area contributed by atoms with Gasteiger partial charge in [0.05, 0.1) is 4.90 Å². The van der Waals surface area contributed by atoms with Crippen LogP contribution in [-0.2, 0) is 23.1 Å². The monoisotopic (exact) mass is 448 g/mol. The molecule has 0 aliphatic carbocycles. The van der Waals surface area contributed by atoms with Crippen LogP contribution in [-0.4, -0.2) is 36.6 Å². The Hall–Kier alpha value is -2.96. The molecule has 0 radical (unpaired) electrons. The van der Waals surface area contributed by atoms with Crippen LogP contribution in [0, 0.1) is 0 Å². The van der Waals surface area contributed by atoms with Crippen LogP contribution in [0.4, 0.5) is 0 Å². The lowest BCUT2D eigenvalue weighted by Gasteiger charge is -2.26. The van der Waals surface area contributed by atoms with E-state index in [0.29, 0.717) is 31.7 Å². The number of hydrogen-bond donors (Lipinski definition) is 0. The normalized spacial score (nSPS) is 14.8. The van der Waals surface area contributed by atoms with Gasteiger partial charge in [-0.15, -0.1) is 0 Å². The number of rotatable bonds is 7. The third-order valence-electron chi connectivity index (χ3n) is 5.77. The van der Waals surface area contributed by atoms with E-state index in [1.54, 1.807) is 33.5 Å². The maximum atomic E-state index is 13.4. The molecule has 6 heteroatoms. The van der Waals surface area contributed by atoms with Crippen LogP contribution in [0.25, 0.3) is 0 Å². The SMILES string of the molecule is O=C(c1ccc(S(=O)(=O)N2CCCCC2)cc1)N(Cc1ccccc1)Cc1ccccc1. The summed E-state index contributed by atoms with van der Waals surface area (Å²) in [6.45, 7) is 2.07. The zero-order valence-corrected chi connectivity index (χ0v) is 18.9. The molecule has 1 aliphatic heterocycles. The van der Waals surface area contributed by atoms with Crippen LogP contribution in [0.3, 0.4) is 0 Å². The zero-order chi connectivity index (χ0) is 22.4. The summed E-state index contributed by atoms with van der Waals surface area (Å²) < 4.78 is 27.4. The molecule has 0 aromatic heterocycles. The minimum Gasteiger partial charge on any atom is -0.330 e. The standard InChI is InChI=1S/C26H28N2O3S/c29-26(24-14-16-25(17-15-24)32(30,31)28-18-8-3-9-19-28)27(20-22-10-4-1-5-11-22)21-23-12-6-2-7-13-23/h1-2,4-7,10-17H,3,8-9,18-21H2. The second kappa shape index (κ2) is 10.1. The van der Waals surface area contributed by atoms with Crippen molar-refractivity contribution in [1.29, 1.82) is 0 Å². The van der Waals surface area contributed by atoms with Crippen LogP contribution in [0.5, 0.6) is 0 Å². The van der Waals surface area contributed by atoms with Crippen molar-refractivity contribution in [3.8, 4) is 0 Å². The Labute approximate surface area is 190 Å². The van der Waals surface area contributed by atoms with Gasteiger partial charge in [0.25, 0.3) is 5.91 Å². The number of hydrogen-bond acceptors (Lipinski definition) is 3. The Kier molecular flexibility index (Phi) is 7.02. The summed E-state index contributed by atoms with van der Waals surface area (Å²) in [5.74, 6) is -0.125. The molecule has 1 heterocycles. The van der Waals surface area contributed by atoms with E-state index < -0.39 is 10.0 Å². The first-order valence-corrected chi connectivity index (χ1v) is 12.5. The molecule has 4 rings (SSSR count). The van der Waals surface area contributed by atoms with Crippen molar-refractivity contribution in [2.45, 2.75) is 37.2 Å². The van der Waals surface area contributed by atoms with Gasteiger partial charge in [0.2, 0.25) is 10.0 Å². The largest absolute Gasteiger partial charge is 0.330 e. The van der Waals surface area contributed by atoms with E-state index >= 15 is 0 Å². The van der Waals surface area contributed by atoms with Crippen LogP contribution < -0.4 is 0 Å². The van der Waals surface area contributed by atoms with Crippen LogP contribution >= 0.6 is 0 Å². The van der Waals surface area contributed by atoms with Crippen molar-refractivity contribution < 1.29 is 13.2 Å². The van der Waals surface area contributed by atoms with E-state index in [4.69, 9.17) is 0 Å². The molecule has 1 fully saturated rings. The second-order valence-electron chi connectivity index (χ2n) is 8.12. The smallest absolute Gasteiger partial charge is 0.254 e. The molecular formula is C26H28N2O3S. The molecule has 166 valence electrons. The Balaban J connectivity index is 1.56. The molecule has 3 aromatic rings. The summed E-state index contributed by atoms with van der Waals surface area (Å²) >= 11 is 0. The Bertz CT molecular complexity index is 1080. The Morgan fingerprint density at radius 1 is 0.719 bits per heavy atom. The fraction of sp³-hybridized carbons (Fsp3) is 0.269. The molecule has 1 aliphatic rings. The highest BCUT2D eigenvalue weighted by molar-refractivity contribution is 7.89. The third kappa shape index (κ3) is 5.26. The highest BCUT2D eigenvalue weighted by atomic mass is 32.2. The van der Waals surface area contributed by atoms with Crippen molar-refractivity contribution in [3.05, 3.63) is 102 Å². The summed E-state index contributed by atoms with van der Waals surface area (Å²) in [6, 6.07) is 26.1. The topological polar surface area (TPSA) is 57.7 Å². The van der Waals surface area contributed by atoms with Crippen molar-refractivity contribution >= 4 is 15.9 Å². The lowest BCUT2D eigenvalue weighted by atomic mass is 10.1. The molecular weight excluding hydrogens is 420 g/mol. The molecule has 32 heavy (non-hydrogen) atoms. The first kappa shape index (κ1) is 22.2. The molecule has 1 saturated heterocycles. The third-order valence-corrected chi connectivity index (χ3v) is 7.69. The summed E-state index contributed by atoms with van der Waals surface area (Å²) in [6.07, 6.45) is 2.85. The van der Waals surface area contributed by atoms with Crippen LogP contribution in [0.2, 0.25) is 0 Å². The fourth-order valence-electron chi connectivity index (χ4n) is 4.01. The van der Waals surface area contributed by atoms with Gasteiger partial charge in [0, 0.05) is 31.7 Å². The van der Waals surface area contributed by atoms with Crippen molar-refractivity contribution in [2.24, 2.45) is 0 Å². The lowest BCUT2D eigenvalue weighted by Crippen LogP contribution is -2.35.